The van der Waals surface area contributed by atoms with Crippen LogP contribution in [0.3, 0.4) is 0 Å². The van der Waals surface area contributed by atoms with Gasteiger partial charge in [0.05, 0.1) is 27.5 Å². The van der Waals surface area contributed by atoms with Gasteiger partial charge in [-0.1, -0.05) is 35.4 Å². The average Bonchev–Trinajstić information content (AvgIpc) is 3.66. The van der Waals surface area contributed by atoms with E-state index in [-0.39, 0.29) is 65.5 Å². The molecular weight excluding hydrogens is 761 g/mol. The van der Waals surface area contributed by atoms with E-state index in [1.165, 1.54) is 30.5 Å². The van der Waals surface area contributed by atoms with E-state index >= 15 is 0 Å². The summed E-state index contributed by atoms with van der Waals surface area (Å²) in [4.78, 5) is 65.4. The number of aryl methyl sites for hydroxylation is 2. The number of amides is 3. The summed E-state index contributed by atoms with van der Waals surface area (Å²) in [6.45, 7) is 2.01. The maximum atomic E-state index is 13.3. The van der Waals surface area contributed by atoms with E-state index in [9.17, 15) is 36.0 Å². The molecule has 3 amide bonds. The largest absolute Gasteiger partial charge is 0.387 e. The molecule has 1 fully saturated rings. The Morgan fingerprint density at radius 3 is 1.96 bits per heavy atom. The fraction of sp³-hybridized carbons (Fsp3) is 0.364. The van der Waals surface area contributed by atoms with E-state index in [1.54, 1.807) is 29.6 Å². The molecule has 2 atom stereocenters. The van der Waals surface area contributed by atoms with Crippen molar-refractivity contribution < 1.29 is 36.0 Å². The number of benzene rings is 2. The summed E-state index contributed by atoms with van der Waals surface area (Å²) in [5.74, 6) is -2.27. The van der Waals surface area contributed by atoms with Crippen LogP contribution in [-0.4, -0.2) is 100 Å². The second kappa shape index (κ2) is 18.8. The van der Waals surface area contributed by atoms with Crippen LogP contribution in [-0.2, 0) is 34.4 Å². The van der Waals surface area contributed by atoms with E-state index in [0.29, 0.717) is 0 Å². The molecule has 21 heteroatoms. The third-order valence-electron chi connectivity index (χ3n) is 8.02. The molecule has 1 aromatic heterocycles. The normalized spacial score (nSPS) is 16.2. The van der Waals surface area contributed by atoms with Gasteiger partial charge >= 0.3 is 0 Å². The molecule has 4 rings (SSSR count). The van der Waals surface area contributed by atoms with E-state index in [4.69, 9.17) is 11.5 Å². The molecule has 1 aliphatic heterocycles. The maximum absolute atomic E-state index is 13.3. The van der Waals surface area contributed by atoms with Crippen molar-refractivity contribution in [1.82, 2.24) is 30.0 Å². The van der Waals surface area contributed by atoms with Gasteiger partial charge in [0, 0.05) is 24.4 Å². The van der Waals surface area contributed by atoms with Crippen LogP contribution in [0.4, 0.5) is 0 Å². The highest BCUT2D eigenvalue weighted by Gasteiger charge is 2.34. The zero-order valence-electron chi connectivity index (χ0n) is 29.5. The van der Waals surface area contributed by atoms with Crippen molar-refractivity contribution in [3.05, 3.63) is 76.2 Å². The first-order valence-corrected chi connectivity index (χ1v) is 20.4. The predicted octanol–water partition coefficient (Wildman–Crippen LogP) is -0.0988. The van der Waals surface area contributed by atoms with E-state index in [0.717, 1.165) is 27.4 Å². The van der Waals surface area contributed by atoms with Crippen molar-refractivity contribution >= 4 is 66.6 Å². The predicted molar refractivity (Wildman–Crippen MR) is 201 cm³/mol. The number of amidine groups is 2. The summed E-state index contributed by atoms with van der Waals surface area (Å²) in [5, 5.41) is 6.88. The van der Waals surface area contributed by atoms with Gasteiger partial charge in [0.25, 0.3) is 0 Å². The maximum Gasteiger partial charge on any atom is 0.246 e. The quantitative estimate of drug-likeness (QED) is 0.0529. The molecule has 2 aromatic carbocycles. The number of hydrogen-bond acceptors (Lipinski definition) is 12. The van der Waals surface area contributed by atoms with Crippen molar-refractivity contribution in [1.29, 1.82) is 0 Å². The third-order valence-corrected chi connectivity index (χ3v) is 11.6. The number of piperazine rings is 1. The lowest BCUT2D eigenvalue weighted by Crippen LogP contribution is -2.60. The third kappa shape index (κ3) is 12.2. The Morgan fingerprint density at radius 2 is 1.44 bits per heavy atom. The molecule has 0 saturated carbocycles. The number of nitrogens with two attached hydrogens (primary N) is 2. The van der Waals surface area contributed by atoms with Gasteiger partial charge in [-0.15, -0.1) is 11.3 Å². The number of carbonyl (C=O) groups excluding carboxylic acids is 4. The number of carbonyl (C=O) groups is 4. The lowest BCUT2D eigenvalue weighted by Gasteiger charge is -2.32. The lowest BCUT2D eigenvalue weighted by atomic mass is 10.1. The van der Waals surface area contributed by atoms with Crippen LogP contribution >= 0.6 is 11.3 Å². The van der Waals surface area contributed by atoms with Crippen molar-refractivity contribution in [2.24, 2.45) is 21.5 Å². The Hall–Kier alpha value is -5.09. The molecule has 8 N–H and O–H groups in total. The Labute approximate surface area is 317 Å². The number of aromatic nitrogens is 1. The van der Waals surface area contributed by atoms with Crippen LogP contribution < -0.4 is 31.5 Å². The zero-order chi connectivity index (χ0) is 39.5. The number of rotatable bonds is 19. The molecule has 2 heterocycles. The summed E-state index contributed by atoms with van der Waals surface area (Å²) in [6.07, 6.45) is 1.45. The smallest absolute Gasteiger partial charge is 0.246 e. The molecule has 3 aromatic rings. The highest BCUT2D eigenvalue weighted by Crippen LogP contribution is 2.14. The van der Waals surface area contributed by atoms with Crippen LogP contribution in [0, 0.1) is 13.8 Å². The number of aliphatic imine (C=N–C) groups is 2. The first-order chi connectivity index (χ1) is 25.5. The van der Waals surface area contributed by atoms with E-state index in [1.807, 2.05) is 13.8 Å². The van der Waals surface area contributed by atoms with Crippen LogP contribution in [0.1, 0.15) is 46.6 Å². The fourth-order valence-electron chi connectivity index (χ4n) is 5.06. The van der Waals surface area contributed by atoms with Crippen LogP contribution in [0.25, 0.3) is 0 Å². The number of nitrogens with zero attached hydrogens (tertiary/aromatic N) is 4. The fourth-order valence-corrected chi connectivity index (χ4v) is 7.48. The lowest BCUT2D eigenvalue weighted by molar-refractivity contribution is -0.146. The first-order valence-electron chi connectivity index (χ1n) is 16.6. The minimum absolute atomic E-state index is 0.00216. The Bertz CT molecular complexity index is 2090. The monoisotopic (exact) mass is 802 g/mol. The molecule has 0 aliphatic carbocycles. The SMILES string of the molecule is Cc1ccc(S(=O)(=O)NC/N=C(\N)CC[C@H](NC(=O)CN2CC(=O)N[C@@H](CC/C(N)=N/CNS(=O)(=O)c3ccc(C)cc3)C2=O)C(=O)c2nccs2)cc1. The summed E-state index contributed by atoms with van der Waals surface area (Å²) < 4.78 is 54.7. The molecular formula is C33H42N10O8S3. The molecule has 54 heavy (non-hydrogen) atoms. The van der Waals surface area contributed by atoms with Crippen LogP contribution in [0.2, 0.25) is 0 Å². The van der Waals surface area contributed by atoms with E-state index in [2.05, 4.69) is 35.0 Å². The van der Waals surface area contributed by atoms with Gasteiger partial charge < -0.3 is 27.0 Å². The number of thiazole rings is 1. The Balaban J connectivity index is 1.30. The van der Waals surface area contributed by atoms with Gasteiger partial charge in [0.2, 0.25) is 43.6 Å². The Kier molecular flexibility index (Phi) is 14.5. The van der Waals surface area contributed by atoms with Gasteiger partial charge in [-0.05, 0) is 51.0 Å². The Morgan fingerprint density at radius 1 is 0.907 bits per heavy atom. The summed E-state index contributed by atoms with van der Waals surface area (Å²) in [7, 11) is -7.67. The van der Waals surface area contributed by atoms with Gasteiger partial charge in [0.1, 0.15) is 32.5 Å². The topological polar surface area (TPSA) is 278 Å². The molecule has 0 unspecified atom stereocenters. The van der Waals surface area contributed by atoms with Crippen molar-refractivity contribution in [3.8, 4) is 0 Å². The van der Waals surface area contributed by atoms with Crippen LogP contribution in [0.5, 0.6) is 0 Å². The molecule has 18 nitrogen and oxygen atoms in total. The molecule has 290 valence electrons. The number of Topliss-reactive ketones (excluding diaryl/α,β-unsaturated/α-hetero) is 1. The van der Waals surface area contributed by atoms with Crippen molar-refractivity contribution in [3.63, 3.8) is 0 Å². The molecule has 1 saturated heterocycles. The summed E-state index contributed by atoms with van der Waals surface area (Å²) in [6, 6.07) is 10.3. The van der Waals surface area contributed by atoms with E-state index < -0.39 is 68.7 Å². The number of sulfonamides is 2. The van der Waals surface area contributed by atoms with Gasteiger partial charge in [-0.25, -0.2) is 21.8 Å². The molecule has 0 radical (unpaired) electrons. The molecule has 0 spiro atoms. The molecule has 0 bridgehead atoms. The van der Waals surface area contributed by atoms with Gasteiger partial charge in [-0.3, -0.25) is 29.2 Å². The second-order valence-corrected chi connectivity index (χ2v) is 16.7. The zero-order valence-corrected chi connectivity index (χ0v) is 32.0. The van der Waals surface area contributed by atoms with Crippen LogP contribution in [0.15, 0.2) is 79.9 Å². The van der Waals surface area contributed by atoms with Crippen molar-refractivity contribution in [2.45, 2.75) is 61.4 Å². The van der Waals surface area contributed by atoms with Gasteiger partial charge in [0.15, 0.2) is 5.01 Å². The first kappa shape index (κ1) is 41.7. The second-order valence-electron chi connectivity index (χ2n) is 12.3. The number of ketones is 1. The number of nitrogens with one attached hydrogen (secondary N) is 4. The standard InChI is InChI=1S/C33H42N10O8S3/c1-21-3-7-23(8-4-21)53(48,49)39-19-37-27(34)13-11-25(31(46)32-36-15-16-52-32)41-29(44)17-43-18-30(45)42-26(33(43)47)12-14-28(35)38-20-40-54(50,51)24-9-5-22(2)6-10-24/h3-10,15-16,25-26,39-40H,11-14,17-20H2,1-2H3,(H2,34,37)(H2,35,38)(H,41,44)(H,42,45)/t25-,26-/m0/s1. The molecule has 1 aliphatic rings. The highest BCUT2D eigenvalue weighted by molar-refractivity contribution is 7.89. The van der Waals surface area contributed by atoms with Crippen molar-refractivity contribution in [2.75, 3.05) is 26.4 Å². The minimum Gasteiger partial charge on any atom is -0.387 e. The summed E-state index contributed by atoms with van der Waals surface area (Å²) >= 11 is 1.06. The number of hydrogen-bond donors (Lipinski definition) is 6. The minimum atomic E-state index is -3.84. The average molecular weight is 803 g/mol. The van der Waals surface area contributed by atoms with Gasteiger partial charge in [-0.2, -0.15) is 9.44 Å². The summed E-state index contributed by atoms with van der Waals surface area (Å²) in [5.41, 5.74) is 13.8. The highest BCUT2D eigenvalue weighted by atomic mass is 32.2.